The zero-order valence-electron chi connectivity index (χ0n) is 3.93. The SMILES string of the molecule is Br.CC(C)O.[Ti]. The van der Waals surface area contributed by atoms with E-state index in [1.807, 2.05) is 0 Å². The van der Waals surface area contributed by atoms with Crippen molar-refractivity contribution in [3.05, 3.63) is 0 Å². The Hall–Kier alpha value is 1.15. The minimum absolute atomic E-state index is 0. The second-order valence-electron chi connectivity index (χ2n) is 1.09. The van der Waals surface area contributed by atoms with Crippen molar-refractivity contribution < 1.29 is 26.8 Å². The maximum Gasteiger partial charge on any atom is 0.0483 e. The van der Waals surface area contributed by atoms with Crippen LogP contribution in [0.4, 0.5) is 0 Å². The molecule has 0 aliphatic carbocycles. The number of hydrogen-bond acceptors (Lipinski definition) is 1. The molecule has 0 saturated carbocycles. The zero-order valence-corrected chi connectivity index (χ0v) is 7.21. The predicted octanol–water partition coefficient (Wildman–Crippen LogP) is 0.962. The van der Waals surface area contributed by atoms with Crippen LogP contribution in [0.1, 0.15) is 13.8 Å². The van der Waals surface area contributed by atoms with Crippen molar-refractivity contribution in [1.82, 2.24) is 0 Å². The molecule has 0 amide bonds. The third-order valence-corrected chi connectivity index (χ3v) is 0. The first-order valence-corrected chi connectivity index (χ1v) is 1.41. The molecule has 3 heteroatoms. The van der Waals surface area contributed by atoms with Gasteiger partial charge in [-0.15, -0.1) is 17.0 Å². The summed E-state index contributed by atoms with van der Waals surface area (Å²) in [6.45, 7) is 3.44. The Balaban J connectivity index is -0.0000000450. The fraction of sp³-hybridized carbons (Fsp3) is 1.00. The summed E-state index contributed by atoms with van der Waals surface area (Å²) in [7, 11) is 0. The van der Waals surface area contributed by atoms with Gasteiger partial charge in [0.1, 0.15) is 0 Å². The van der Waals surface area contributed by atoms with Gasteiger partial charge in [0.05, 0.1) is 0 Å². The van der Waals surface area contributed by atoms with E-state index in [9.17, 15) is 0 Å². The van der Waals surface area contributed by atoms with Gasteiger partial charge in [0, 0.05) is 27.8 Å². The number of aliphatic hydroxyl groups excluding tert-OH is 1. The Labute approximate surface area is 63.8 Å². The van der Waals surface area contributed by atoms with Crippen LogP contribution in [0, 0.1) is 0 Å². The Kier molecular flexibility index (Phi) is 24.8. The summed E-state index contributed by atoms with van der Waals surface area (Å²) in [5.41, 5.74) is 0. The molecule has 0 unspecified atom stereocenters. The minimum atomic E-state index is -0.167. The summed E-state index contributed by atoms with van der Waals surface area (Å²) in [6, 6.07) is 0. The van der Waals surface area contributed by atoms with Crippen molar-refractivity contribution >= 4 is 17.0 Å². The van der Waals surface area contributed by atoms with Crippen LogP contribution in [0.2, 0.25) is 0 Å². The number of aliphatic hydroxyl groups is 1. The van der Waals surface area contributed by atoms with Gasteiger partial charge in [0.25, 0.3) is 0 Å². The van der Waals surface area contributed by atoms with Gasteiger partial charge in [0.15, 0.2) is 0 Å². The summed E-state index contributed by atoms with van der Waals surface area (Å²) in [4.78, 5) is 0. The van der Waals surface area contributed by atoms with Crippen molar-refractivity contribution in [2.45, 2.75) is 20.0 Å². The Morgan fingerprint density at radius 3 is 1.33 bits per heavy atom. The largest absolute Gasteiger partial charge is 0.394 e. The topological polar surface area (TPSA) is 20.2 Å². The molecule has 0 radical (unpaired) electrons. The molecule has 0 heterocycles. The molecule has 0 bridgehead atoms. The zero-order chi connectivity index (χ0) is 3.58. The first-order valence-electron chi connectivity index (χ1n) is 1.41. The molecule has 1 N–H and O–H groups in total. The van der Waals surface area contributed by atoms with E-state index in [1.54, 1.807) is 13.8 Å². The molecule has 0 aliphatic heterocycles. The molecule has 0 saturated heterocycles. The van der Waals surface area contributed by atoms with Crippen LogP contribution in [-0.4, -0.2) is 11.2 Å². The normalized spacial score (nSPS) is 6.00. The number of rotatable bonds is 0. The van der Waals surface area contributed by atoms with E-state index < -0.39 is 0 Å². The van der Waals surface area contributed by atoms with Crippen molar-refractivity contribution in [2.24, 2.45) is 0 Å². The first kappa shape index (κ1) is 15.7. The van der Waals surface area contributed by atoms with Gasteiger partial charge < -0.3 is 5.11 Å². The van der Waals surface area contributed by atoms with Gasteiger partial charge in [-0.3, -0.25) is 0 Å². The molecular formula is C3H9BrOTi. The smallest absolute Gasteiger partial charge is 0.0483 e. The second kappa shape index (κ2) is 9.47. The Morgan fingerprint density at radius 1 is 1.33 bits per heavy atom. The van der Waals surface area contributed by atoms with E-state index in [4.69, 9.17) is 5.11 Å². The number of hydrogen-bond donors (Lipinski definition) is 1. The van der Waals surface area contributed by atoms with E-state index in [0.29, 0.717) is 0 Å². The Bertz CT molecular complexity index is 15.5. The molecule has 0 aromatic carbocycles. The van der Waals surface area contributed by atoms with E-state index >= 15 is 0 Å². The standard InChI is InChI=1S/C3H8O.BrH.Ti/c1-3(2)4;;/h3-4H,1-2H3;1H;. The third kappa shape index (κ3) is 66.8. The van der Waals surface area contributed by atoms with Crippen LogP contribution in [0.5, 0.6) is 0 Å². The predicted molar refractivity (Wildman–Crippen MR) is 27.7 cm³/mol. The van der Waals surface area contributed by atoms with Gasteiger partial charge in [-0.1, -0.05) is 0 Å². The molecule has 1 nitrogen and oxygen atoms in total. The summed E-state index contributed by atoms with van der Waals surface area (Å²) < 4.78 is 0. The molecule has 0 aromatic heterocycles. The average Bonchev–Trinajstić information content (AvgIpc) is 0.811. The molecule has 0 aromatic rings. The molecule has 0 rings (SSSR count). The maximum atomic E-state index is 8.06. The van der Waals surface area contributed by atoms with Crippen molar-refractivity contribution in [3.63, 3.8) is 0 Å². The molecule has 6 heavy (non-hydrogen) atoms. The average molecular weight is 189 g/mol. The fourth-order valence-corrected chi connectivity index (χ4v) is 0. The van der Waals surface area contributed by atoms with E-state index in [-0.39, 0.29) is 44.8 Å². The minimum Gasteiger partial charge on any atom is -0.394 e. The van der Waals surface area contributed by atoms with Crippen LogP contribution < -0.4 is 0 Å². The fourth-order valence-electron chi connectivity index (χ4n) is 0. The molecule has 0 fully saturated rings. The summed E-state index contributed by atoms with van der Waals surface area (Å²) in [6.07, 6.45) is -0.167. The van der Waals surface area contributed by atoms with Gasteiger partial charge in [-0.05, 0) is 13.8 Å². The Morgan fingerprint density at radius 2 is 1.33 bits per heavy atom. The summed E-state index contributed by atoms with van der Waals surface area (Å²) in [5.74, 6) is 0. The van der Waals surface area contributed by atoms with Crippen molar-refractivity contribution in [3.8, 4) is 0 Å². The van der Waals surface area contributed by atoms with Crippen molar-refractivity contribution in [2.75, 3.05) is 0 Å². The summed E-state index contributed by atoms with van der Waals surface area (Å²) in [5, 5.41) is 8.06. The van der Waals surface area contributed by atoms with Crippen LogP contribution in [0.3, 0.4) is 0 Å². The van der Waals surface area contributed by atoms with Crippen LogP contribution in [0.25, 0.3) is 0 Å². The van der Waals surface area contributed by atoms with Crippen molar-refractivity contribution in [1.29, 1.82) is 0 Å². The second-order valence-corrected chi connectivity index (χ2v) is 1.09. The van der Waals surface area contributed by atoms with Gasteiger partial charge in [0.2, 0.25) is 0 Å². The van der Waals surface area contributed by atoms with E-state index in [0.717, 1.165) is 0 Å². The quantitative estimate of drug-likeness (QED) is 0.562. The molecule has 38 valence electrons. The van der Waals surface area contributed by atoms with Gasteiger partial charge >= 0.3 is 0 Å². The van der Waals surface area contributed by atoms with E-state index in [2.05, 4.69) is 0 Å². The monoisotopic (exact) mass is 188 g/mol. The van der Waals surface area contributed by atoms with Crippen LogP contribution in [0.15, 0.2) is 0 Å². The van der Waals surface area contributed by atoms with Gasteiger partial charge in [-0.2, -0.15) is 0 Å². The van der Waals surface area contributed by atoms with E-state index in [1.165, 1.54) is 0 Å². The van der Waals surface area contributed by atoms with Crippen LogP contribution in [-0.2, 0) is 21.7 Å². The van der Waals surface area contributed by atoms with Gasteiger partial charge in [-0.25, -0.2) is 0 Å². The van der Waals surface area contributed by atoms with Crippen LogP contribution >= 0.6 is 17.0 Å². The number of halogens is 1. The third-order valence-electron chi connectivity index (χ3n) is 0. The molecular weight excluding hydrogens is 180 g/mol. The maximum absolute atomic E-state index is 8.06. The molecule has 0 aliphatic rings. The summed E-state index contributed by atoms with van der Waals surface area (Å²) >= 11 is 0. The molecule has 0 atom stereocenters. The first-order chi connectivity index (χ1) is 1.73. The molecule has 0 spiro atoms.